The predicted molar refractivity (Wildman–Crippen MR) is 77.5 cm³/mol. The summed E-state index contributed by atoms with van der Waals surface area (Å²) in [6.45, 7) is 1.000. The molecular formula is C16H21NO3. The van der Waals surface area contributed by atoms with Gasteiger partial charge in [0.2, 0.25) is 0 Å². The zero-order chi connectivity index (χ0) is 14.1. The van der Waals surface area contributed by atoms with Crippen molar-refractivity contribution < 1.29 is 14.6 Å². The van der Waals surface area contributed by atoms with E-state index in [2.05, 4.69) is 4.90 Å². The van der Waals surface area contributed by atoms with Crippen LogP contribution in [0.1, 0.15) is 41.6 Å². The number of fused-ring (bicyclic) bond motifs is 1. The number of carbonyl (C=O) groups is 1. The molecule has 1 aromatic rings. The molecule has 2 unspecified atom stereocenters. The number of anilines is 1. The highest BCUT2D eigenvalue weighted by atomic mass is 16.5. The molecule has 0 bridgehead atoms. The smallest absolute Gasteiger partial charge is 0.335 e. The molecule has 108 valence electrons. The van der Waals surface area contributed by atoms with Gasteiger partial charge in [-0.05, 0) is 49.8 Å². The number of methoxy groups -OCH3 is 1. The quantitative estimate of drug-likeness (QED) is 0.921. The first-order valence-corrected chi connectivity index (χ1v) is 7.34. The Hall–Kier alpha value is -1.55. The van der Waals surface area contributed by atoms with Gasteiger partial charge in [-0.25, -0.2) is 4.79 Å². The normalized spacial score (nSPS) is 25.6. The lowest BCUT2D eigenvalue weighted by Crippen LogP contribution is -2.39. The van der Waals surface area contributed by atoms with Gasteiger partial charge in [-0.15, -0.1) is 0 Å². The maximum absolute atomic E-state index is 11.1. The average molecular weight is 275 g/mol. The first kappa shape index (κ1) is 13.4. The molecule has 0 saturated heterocycles. The van der Waals surface area contributed by atoms with Gasteiger partial charge in [-0.2, -0.15) is 0 Å². The summed E-state index contributed by atoms with van der Waals surface area (Å²) in [7, 11) is 1.79. The zero-order valence-electron chi connectivity index (χ0n) is 11.8. The van der Waals surface area contributed by atoms with E-state index in [4.69, 9.17) is 9.84 Å². The molecule has 2 atom stereocenters. The summed E-state index contributed by atoms with van der Waals surface area (Å²) in [6.07, 6.45) is 5.92. The van der Waals surface area contributed by atoms with Crippen LogP contribution in [-0.4, -0.2) is 36.9 Å². The summed E-state index contributed by atoms with van der Waals surface area (Å²) in [4.78, 5) is 13.5. The first-order valence-electron chi connectivity index (χ1n) is 7.34. The minimum Gasteiger partial charge on any atom is -0.478 e. The Balaban J connectivity index is 1.84. The molecule has 2 aliphatic rings. The van der Waals surface area contributed by atoms with Crippen LogP contribution < -0.4 is 4.90 Å². The Kier molecular flexibility index (Phi) is 3.66. The monoisotopic (exact) mass is 275 g/mol. The summed E-state index contributed by atoms with van der Waals surface area (Å²) >= 11 is 0. The third-order valence-electron chi connectivity index (χ3n) is 4.64. The van der Waals surface area contributed by atoms with Crippen molar-refractivity contribution in [3.8, 4) is 0 Å². The van der Waals surface area contributed by atoms with Gasteiger partial charge >= 0.3 is 5.97 Å². The van der Waals surface area contributed by atoms with E-state index in [1.165, 1.54) is 18.4 Å². The van der Waals surface area contributed by atoms with Crippen molar-refractivity contribution in [3.63, 3.8) is 0 Å². The second kappa shape index (κ2) is 5.44. The summed E-state index contributed by atoms with van der Waals surface area (Å²) in [6, 6.07) is 6.00. The molecule has 1 aliphatic heterocycles. The maximum Gasteiger partial charge on any atom is 0.335 e. The molecule has 1 aromatic carbocycles. The molecule has 0 aromatic heterocycles. The minimum absolute atomic E-state index is 0.348. The van der Waals surface area contributed by atoms with Gasteiger partial charge in [-0.1, -0.05) is 6.07 Å². The van der Waals surface area contributed by atoms with Crippen LogP contribution in [0.15, 0.2) is 18.2 Å². The fourth-order valence-electron chi connectivity index (χ4n) is 3.53. The number of hydrogen-bond donors (Lipinski definition) is 1. The third kappa shape index (κ3) is 2.40. The highest BCUT2D eigenvalue weighted by molar-refractivity contribution is 5.89. The van der Waals surface area contributed by atoms with E-state index >= 15 is 0 Å². The topological polar surface area (TPSA) is 49.8 Å². The number of nitrogens with zero attached hydrogens (tertiary/aromatic N) is 1. The van der Waals surface area contributed by atoms with Crippen molar-refractivity contribution in [2.24, 2.45) is 0 Å². The van der Waals surface area contributed by atoms with Crippen LogP contribution in [-0.2, 0) is 11.2 Å². The fraction of sp³-hybridized carbons (Fsp3) is 0.562. The van der Waals surface area contributed by atoms with E-state index < -0.39 is 5.97 Å². The van der Waals surface area contributed by atoms with Crippen LogP contribution in [0.2, 0.25) is 0 Å². The molecule has 1 heterocycles. The van der Waals surface area contributed by atoms with Crippen molar-refractivity contribution in [2.45, 2.75) is 44.2 Å². The van der Waals surface area contributed by atoms with Crippen molar-refractivity contribution in [2.75, 3.05) is 18.6 Å². The predicted octanol–water partition coefficient (Wildman–Crippen LogP) is 2.70. The number of benzene rings is 1. The number of carboxylic acids is 1. The summed E-state index contributed by atoms with van der Waals surface area (Å²) < 4.78 is 5.51. The Morgan fingerprint density at radius 3 is 3.00 bits per heavy atom. The molecule has 1 aliphatic carbocycles. The molecule has 0 spiro atoms. The number of carboxylic acid groups (broad SMARTS) is 1. The molecule has 0 radical (unpaired) electrons. The minimum atomic E-state index is -0.849. The van der Waals surface area contributed by atoms with Gasteiger partial charge < -0.3 is 14.7 Å². The van der Waals surface area contributed by atoms with Crippen LogP contribution in [0.25, 0.3) is 0 Å². The van der Waals surface area contributed by atoms with Gasteiger partial charge in [0.05, 0.1) is 11.7 Å². The molecule has 20 heavy (non-hydrogen) atoms. The number of ether oxygens (including phenoxy) is 1. The van der Waals surface area contributed by atoms with Gasteiger partial charge in [0.15, 0.2) is 0 Å². The summed E-state index contributed by atoms with van der Waals surface area (Å²) in [5, 5.41) is 9.15. The van der Waals surface area contributed by atoms with Gasteiger partial charge in [0.25, 0.3) is 0 Å². The zero-order valence-corrected chi connectivity index (χ0v) is 11.8. The second-order valence-corrected chi connectivity index (χ2v) is 5.77. The molecule has 1 N–H and O–H groups in total. The van der Waals surface area contributed by atoms with Crippen molar-refractivity contribution in [3.05, 3.63) is 29.3 Å². The highest BCUT2D eigenvalue weighted by Gasteiger charge is 2.31. The Morgan fingerprint density at radius 2 is 2.25 bits per heavy atom. The van der Waals surface area contributed by atoms with Gasteiger partial charge in [0, 0.05) is 25.4 Å². The third-order valence-corrected chi connectivity index (χ3v) is 4.64. The molecule has 1 fully saturated rings. The molecule has 3 rings (SSSR count). The van der Waals surface area contributed by atoms with Crippen LogP contribution in [0, 0.1) is 0 Å². The van der Waals surface area contributed by atoms with Gasteiger partial charge in [0.1, 0.15) is 0 Å². The lowest BCUT2D eigenvalue weighted by atomic mass is 9.91. The van der Waals surface area contributed by atoms with Crippen molar-refractivity contribution in [1.82, 2.24) is 0 Å². The Bertz CT molecular complexity index is 514. The Morgan fingerprint density at radius 1 is 1.40 bits per heavy atom. The SMILES string of the molecule is COC1CCCC(N2CCc3ccc(C(=O)O)cc32)C1. The van der Waals surface area contributed by atoms with Crippen molar-refractivity contribution in [1.29, 1.82) is 0 Å². The van der Waals surface area contributed by atoms with E-state index in [0.717, 1.165) is 31.5 Å². The molecule has 1 saturated carbocycles. The van der Waals surface area contributed by atoms with Gasteiger partial charge in [-0.3, -0.25) is 0 Å². The standard InChI is InChI=1S/C16H21NO3/c1-20-14-4-2-3-13(10-14)17-8-7-11-5-6-12(16(18)19)9-15(11)17/h5-6,9,13-14H,2-4,7-8,10H2,1H3,(H,18,19). The first-order chi connectivity index (χ1) is 9.69. The van der Waals surface area contributed by atoms with Crippen LogP contribution >= 0.6 is 0 Å². The molecular weight excluding hydrogens is 254 g/mol. The summed E-state index contributed by atoms with van der Waals surface area (Å²) in [5.41, 5.74) is 2.77. The summed E-state index contributed by atoms with van der Waals surface area (Å²) in [5.74, 6) is -0.849. The average Bonchev–Trinajstić information content (AvgIpc) is 2.90. The number of aromatic carboxylic acids is 1. The highest BCUT2D eigenvalue weighted by Crippen LogP contribution is 2.35. The van der Waals surface area contributed by atoms with E-state index in [9.17, 15) is 4.79 Å². The molecule has 0 amide bonds. The number of rotatable bonds is 3. The second-order valence-electron chi connectivity index (χ2n) is 5.77. The van der Waals surface area contributed by atoms with Crippen LogP contribution in [0.5, 0.6) is 0 Å². The van der Waals surface area contributed by atoms with Crippen LogP contribution in [0.4, 0.5) is 5.69 Å². The van der Waals surface area contributed by atoms with E-state index in [-0.39, 0.29) is 0 Å². The van der Waals surface area contributed by atoms with E-state index in [0.29, 0.717) is 17.7 Å². The van der Waals surface area contributed by atoms with Crippen molar-refractivity contribution >= 4 is 11.7 Å². The number of hydrogen-bond acceptors (Lipinski definition) is 3. The fourth-order valence-corrected chi connectivity index (χ4v) is 3.53. The Labute approximate surface area is 119 Å². The lowest BCUT2D eigenvalue weighted by molar-refractivity contribution is 0.0633. The van der Waals surface area contributed by atoms with E-state index in [1.807, 2.05) is 12.1 Å². The maximum atomic E-state index is 11.1. The largest absolute Gasteiger partial charge is 0.478 e. The van der Waals surface area contributed by atoms with E-state index in [1.54, 1.807) is 13.2 Å². The molecule has 4 nitrogen and oxygen atoms in total. The lowest BCUT2D eigenvalue weighted by Gasteiger charge is -2.36. The van der Waals surface area contributed by atoms with Crippen LogP contribution in [0.3, 0.4) is 0 Å². The molecule has 4 heteroatoms.